The van der Waals surface area contributed by atoms with Crippen LogP contribution in [0.3, 0.4) is 0 Å². The first-order chi connectivity index (χ1) is 12.6. The highest BCUT2D eigenvalue weighted by Gasteiger charge is 2.15. The topological polar surface area (TPSA) is 59.8 Å². The smallest absolute Gasteiger partial charge is 0.259 e. The van der Waals surface area contributed by atoms with E-state index in [1.165, 1.54) is 18.3 Å². The zero-order chi connectivity index (χ0) is 18.1. The van der Waals surface area contributed by atoms with E-state index in [0.717, 1.165) is 10.9 Å². The first kappa shape index (κ1) is 16.0. The largest absolute Gasteiger partial charge is 0.320 e. The molecule has 2 aromatic carbocycles. The molecule has 0 fully saturated rings. The van der Waals surface area contributed by atoms with Gasteiger partial charge in [-0.1, -0.05) is 18.2 Å². The molecule has 0 unspecified atom stereocenters. The van der Waals surface area contributed by atoms with Crippen LogP contribution in [0.15, 0.2) is 67.0 Å². The molecular weight excluding hydrogens is 331 g/mol. The van der Waals surface area contributed by atoms with E-state index < -0.39 is 0 Å². The Balaban J connectivity index is 1.61. The molecule has 0 spiro atoms. The Hall–Kier alpha value is -3.54. The quantitative estimate of drug-likeness (QED) is 0.607. The molecule has 0 atom stereocenters. The summed E-state index contributed by atoms with van der Waals surface area (Å²) in [5.41, 5.74) is 3.29. The molecule has 2 heterocycles. The molecule has 0 aliphatic heterocycles. The number of anilines is 1. The summed E-state index contributed by atoms with van der Waals surface area (Å²) in [7, 11) is 0. The Morgan fingerprint density at radius 2 is 1.85 bits per heavy atom. The number of para-hydroxylation sites is 1. The number of pyridine rings is 1. The van der Waals surface area contributed by atoms with Crippen LogP contribution >= 0.6 is 0 Å². The van der Waals surface area contributed by atoms with Gasteiger partial charge in [0, 0.05) is 5.39 Å². The summed E-state index contributed by atoms with van der Waals surface area (Å²) in [6.45, 7) is 1.80. The van der Waals surface area contributed by atoms with Crippen LogP contribution in [-0.2, 0) is 0 Å². The molecule has 6 heteroatoms. The second kappa shape index (κ2) is 6.40. The maximum absolute atomic E-state index is 13.1. The molecule has 4 aromatic rings. The van der Waals surface area contributed by atoms with E-state index in [4.69, 9.17) is 0 Å². The summed E-state index contributed by atoms with van der Waals surface area (Å²) < 4.78 is 14.7. The van der Waals surface area contributed by atoms with Gasteiger partial charge in [0.15, 0.2) is 0 Å². The van der Waals surface area contributed by atoms with Gasteiger partial charge in [-0.05, 0) is 43.3 Å². The molecule has 5 nitrogen and oxygen atoms in total. The number of hydrogen-bond acceptors (Lipinski definition) is 3. The van der Waals surface area contributed by atoms with Crippen LogP contribution in [-0.4, -0.2) is 20.7 Å². The van der Waals surface area contributed by atoms with Crippen molar-refractivity contribution >= 4 is 22.5 Å². The van der Waals surface area contributed by atoms with Gasteiger partial charge in [0.2, 0.25) is 0 Å². The first-order valence-corrected chi connectivity index (χ1v) is 8.08. The average Bonchev–Trinajstić information content (AvgIpc) is 3.04. The van der Waals surface area contributed by atoms with Crippen molar-refractivity contribution in [2.24, 2.45) is 0 Å². The number of halogens is 1. The minimum atomic E-state index is -0.319. The van der Waals surface area contributed by atoms with E-state index in [9.17, 15) is 9.18 Å². The van der Waals surface area contributed by atoms with E-state index in [1.54, 1.807) is 29.9 Å². The molecule has 1 amide bonds. The lowest BCUT2D eigenvalue weighted by molar-refractivity contribution is 0.102. The fourth-order valence-corrected chi connectivity index (χ4v) is 2.81. The average molecular weight is 346 g/mol. The number of aromatic nitrogens is 3. The SMILES string of the molecule is Cc1c(C(=O)Nc2cnc3ccccc3c2)cnn1-c1ccc(F)cc1. The molecule has 128 valence electrons. The number of carbonyl (C=O) groups excluding carboxylic acids is 1. The van der Waals surface area contributed by atoms with Crippen LogP contribution in [0.5, 0.6) is 0 Å². The highest BCUT2D eigenvalue weighted by atomic mass is 19.1. The Bertz CT molecular complexity index is 1100. The van der Waals surface area contributed by atoms with E-state index in [2.05, 4.69) is 15.4 Å². The Labute approximate surface area is 149 Å². The van der Waals surface area contributed by atoms with Crippen LogP contribution in [0.25, 0.3) is 16.6 Å². The number of carbonyl (C=O) groups is 1. The predicted molar refractivity (Wildman–Crippen MR) is 98.0 cm³/mol. The number of nitrogens with zero attached hydrogens (tertiary/aromatic N) is 3. The third-order valence-corrected chi connectivity index (χ3v) is 4.17. The standard InChI is InChI=1S/C20H15FN4O/c1-13-18(12-23-25(13)17-8-6-15(21)7-9-17)20(26)24-16-10-14-4-2-3-5-19(14)22-11-16/h2-12H,1H3,(H,24,26). The van der Waals surface area contributed by atoms with Gasteiger partial charge in [0.1, 0.15) is 5.82 Å². The zero-order valence-corrected chi connectivity index (χ0v) is 14.0. The van der Waals surface area contributed by atoms with Crippen molar-refractivity contribution in [2.75, 3.05) is 5.32 Å². The summed E-state index contributed by atoms with van der Waals surface area (Å²) in [4.78, 5) is 17.0. The number of fused-ring (bicyclic) bond motifs is 1. The third-order valence-electron chi connectivity index (χ3n) is 4.17. The van der Waals surface area contributed by atoms with Gasteiger partial charge in [-0.25, -0.2) is 9.07 Å². The number of benzene rings is 2. The molecule has 1 N–H and O–H groups in total. The maximum Gasteiger partial charge on any atom is 0.259 e. The zero-order valence-electron chi connectivity index (χ0n) is 14.0. The second-order valence-corrected chi connectivity index (χ2v) is 5.90. The fourth-order valence-electron chi connectivity index (χ4n) is 2.81. The normalized spacial score (nSPS) is 10.8. The Morgan fingerprint density at radius 3 is 2.65 bits per heavy atom. The van der Waals surface area contributed by atoms with Crippen LogP contribution < -0.4 is 5.32 Å². The molecule has 0 bridgehead atoms. The number of hydrogen-bond donors (Lipinski definition) is 1. The minimum Gasteiger partial charge on any atom is -0.320 e. The van der Waals surface area contributed by atoms with Crippen molar-refractivity contribution in [3.63, 3.8) is 0 Å². The van der Waals surface area contributed by atoms with Crippen molar-refractivity contribution in [2.45, 2.75) is 6.92 Å². The van der Waals surface area contributed by atoms with Crippen LogP contribution in [0, 0.1) is 12.7 Å². The van der Waals surface area contributed by atoms with Crippen molar-refractivity contribution in [1.29, 1.82) is 0 Å². The highest BCUT2D eigenvalue weighted by Crippen LogP contribution is 2.19. The Morgan fingerprint density at radius 1 is 1.08 bits per heavy atom. The lowest BCUT2D eigenvalue weighted by Gasteiger charge is -2.07. The van der Waals surface area contributed by atoms with Crippen molar-refractivity contribution in [1.82, 2.24) is 14.8 Å². The van der Waals surface area contributed by atoms with Crippen LogP contribution in [0.2, 0.25) is 0 Å². The van der Waals surface area contributed by atoms with Gasteiger partial charge in [0.05, 0.1) is 40.5 Å². The monoisotopic (exact) mass is 346 g/mol. The fraction of sp³-hybridized carbons (Fsp3) is 0.0500. The van der Waals surface area contributed by atoms with Gasteiger partial charge in [-0.2, -0.15) is 5.10 Å². The molecule has 26 heavy (non-hydrogen) atoms. The predicted octanol–water partition coefficient (Wildman–Crippen LogP) is 4.12. The summed E-state index contributed by atoms with van der Waals surface area (Å²) in [5, 5.41) is 8.04. The van der Waals surface area contributed by atoms with Gasteiger partial charge < -0.3 is 5.32 Å². The van der Waals surface area contributed by atoms with E-state index in [-0.39, 0.29) is 11.7 Å². The summed E-state index contributed by atoms with van der Waals surface area (Å²) in [6.07, 6.45) is 3.13. The van der Waals surface area contributed by atoms with Crippen molar-refractivity contribution in [3.8, 4) is 5.69 Å². The van der Waals surface area contributed by atoms with Crippen LogP contribution in [0.4, 0.5) is 10.1 Å². The maximum atomic E-state index is 13.1. The molecule has 0 saturated carbocycles. The highest BCUT2D eigenvalue weighted by molar-refractivity contribution is 6.05. The molecular formula is C20H15FN4O. The minimum absolute atomic E-state index is 0.270. The molecule has 2 aromatic heterocycles. The summed E-state index contributed by atoms with van der Waals surface area (Å²) >= 11 is 0. The van der Waals surface area contributed by atoms with Gasteiger partial charge in [-0.3, -0.25) is 9.78 Å². The molecule has 0 radical (unpaired) electrons. The van der Waals surface area contributed by atoms with E-state index in [0.29, 0.717) is 22.6 Å². The number of nitrogens with one attached hydrogen (secondary N) is 1. The lowest BCUT2D eigenvalue weighted by atomic mass is 10.2. The molecule has 0 aliphatic rings. The summed E-state index contributed by atoms with van der Waals surface area (Å²) in [5.74, 6) is -0.590. The second-order valence-electron chi connectivity index (χ2n) is 5.90. The van der Waals surface area contributed by atoms with Crippen LogP contribution in [0.1, 0.15) is 16.1 Å². The molecule has 0 aliphatic carbocycles. The van der Waals surface area contributed by atoms with Crippen molar-refractivity contribution < 1.29 is 9.18 Å². The van der Waals surface area contributed by atoms with E-state index >= 15 is 0 Å². The lowest BCUT2D eigenvalue weighted by Crippen LogP contribution is -2.13. The Kier molecular flexibility index (Phi) is 3.93. The van der Waals surface area contributed by atoms with Gasteiger partial charge >= 0.3 is 0 Å². The van der Waals surface area contributed by atoms with Gasteiger partial charge in [0.25, 0.3) is 5.91 Å². The summed E-state index contributed by atoms with van der Waals surface area (Å²) in [6, 6.07) is 15.5. The number of amides is 1. The molecule has 4 rings (SSSR count). The van der Waals surface area contributed by atoms with Gasteiger partial charge in [-0.15, -0.1) is 0 Å². The molecule has 0 saturated heterocycles. The number of rotatable bonds is 3. The first-order valence-electron chi connectivity index (χ1n) is 8.08. The van der Waals surface area contributed by atoms with E-state index in [1.807, 2.05) is 30.3 Å². The third kappa shape index (κ3) is 2.93. The van der Waals surface area contributed by atoms with Crippen molar-refractivity contribution in [3.05, 3.63) is 84.1 Å².